The third kappa shape index (κ3) is 2.72. The minimum absolute atomic E-state index is 0.132. The summed E-state index contributed by atoms with van der Waals surface area (Å²) in [7, 11) is 1.41. The van der Waals surface area contributed by atoms with Gasteiger partial charge in [0.15, 0.2) is 11.6 Å². The van der Waals surface area contributed by atoms with Crippen LogP contribution in [-0.4, -0.2) is 18.8 Å². The van der Waals surface area contributed by atoms with E-state index in [4.69, 9.17) is 9.47 Å². The molecule has 4 heteroatoms. The Morgan fingerprint density at radius 1 is 1.19 bits per heavy atom. The quantitative estimate of drug-likeness (QED) is 0.942. The van der Waals surface area contributed by atoms with E-state index in [0.29, 0.717) is 5.56 Å². The van der Waals surface area contributed by atoms with E-state index in [1.165, 1.54) is 19.2 Å². The molecule has 3 nitrogen and oxygen atoms in total. The maximum atomic E-state index is 13.4. The molecule has 2 aromatic rings. The number of aryl methyl sites for hydroxylation is 1. The molecule has 1 heterocycles. The lowest BCUT2D eigenvalue weighted by atomic mass is 9.96. The van der Waals surface area contributed by atoms with Gasteiger partial charge >= 0.3 is 0 Å². The highest BCUT2D eigenvalue weighted by atomic mass is 19.1. The van der Waals surface area contributed by atoms with Crippen LogP contribution in [0, 0.1) is 5.82 Å². The zero-order valence-corrected chi connectivity index (χ0v) is 11.8. The van der Waals surface area contributed by atoms with Gasteiger partial charge in [-0.3, -0.25) is 0 Å². The zero-order valence-electron chi connectivity index (χ0n) is 11.8. The van der Waals surface area contributed by atoms with Crippen LogP contribution in [0.25, 0.3) is 0 Å². The van der Waals surface area contributed by atoms with Crippen molar-refractivity contribution in [3.05, 3.63) is 58.9 Å². The summed E-state index contributed by atoms with van der Waals surface area (Å²) in [6.07, 6.45) is 1.12. The van der Waals surface area contributed by atoms with E-state index >= 15 is 0 Å². The van der Waals surface area contributed by atoms with Crippen molar-refractivity contribution in [1.82, 2.24) is 0 Å². The fourth-order valence-electron chi connectivity index (χ4n) is 2.59. The number of methoxy groups -OCH3 is 1. The molecule has 1 aliphatic rings. The monoisotopic (exact) mass is 288 g/mol. The number of aliphatic hydroxyl groups is 1. The van der Waals surface area contributed by atoms with E-state index in [2.05, 4.69) is 0 Å². The summed E-state index contributed by atoms with van der Waals surface area (Å²) in [6, 6.07) is 10.1. The highest BCUT2D eigenvalue weighted by Crippen LogP contribution is 2.31. The molecule has 0 aliphatic carbocycles. The maximum absolute atomic E-state index is 13.4. The van der Waals surface area contributed by atoms with Gasteiger partial charge in [-0.2, -0.15) is 0 Å². The van der Waals surface area contributed by atoms with Crippen molar-refractivity contribution in [3.63, 3.8) is 0 Å². The van der Waals surface area contributed by atoms with Crippen LogP contribution in [0.4, 0.5) is 4.39 Å². The molecule has 1 atom stereocenters. The smallest absolute Gasteiger partial charge is 0.165 e. The molecular formula is C17H17FO3. The highest BCUT2D eigenvalue weighted by Gasteiger charge is 2.17. The molecule has 1 aliphatic heterocycles. The topological polar surface area (TPSA) is 38.7 Å². The summed E-state index contributed by atoms with van der Waals surface area (Å²) in [5.74, 6) is 0.578. The van der Waals surface area contributed by atoms with Gasteiger partial charge in [0.05, 0.1) is 13.7 Å². The molecule has 3 rings (SSSR count). The lowest BCUT2D eigenvalue weighted by molar-refractivity contribution is 0.218. The Morgan fingerprint density at radius 3 is 2.76 bits per heavy atom. The maximum Gasteiger partial charge on any atom is 0.165 e. The number of hydrogen-bond donors (Lipinski definition) is 1. The lowest BCUT2D eigenvalue weighted by Crippen LogP contribution is -2.09. The first kappa shape index (κ1) is 13.9. The molecule has 0 amide bonds. The van der Waals surface area contributed by atoms with Gasteiger partial charge in [-0.25, -0.2) is 4.39 Å². The van der Waals surface area contributed by atoms with Gasteiger partial charge in [0.1, 0.15) is 11.9 Å². The summed E-state index contributed by atoms with van der Waals surface area (Å²) in [5.41, 5.74) is 2.48. The van der Waals surface area contributed by atoms with Gasteiger partial charge in [0, 0.05) is 0 Å². The highest BCUT2D eigenvalue weighted by molar-refractivity contribution is 5.43. The number of halogens is 1. The van der Waals surface area contributed by atoms with Gasteiger partial charge in [-0.1, -0.05) is 12.1 Å². The van der Waals surface area contributed by atoms with Crippen LogP contribution < -0.4 is 9.47 Å². The third-order valence-electron chi connectivity index (χ3n) is 3.74. The number of ether oxygens (including phenoxy) is 2. The van der Waals surface area contributed by atoms with Gasteiger partial charge < -0.3 is 14.6 Å². The predicted octanol–water partition coefficient (Wildman–Crippen LogP) is 3.24. The molecule has 0 spiro atoms. The zero-order chi connectivity index (χ0) is 14.8. The van der Waals surface area contributed by atoms with Gasteiger partial charge in [-0.15, -0.1) is 0 Å². The summed E-state index contributed by atoms with van der Waals surface area (Å²) in [4.78, 5) is 0. The van der Waals surface area contributed by atoms with Gasteiger partial charge in [0.25, 0.3) is 0 Å². The summed E-state index contributed by atoms with van der Waals surface area (Å²) < 4.78 is 24.0. The van der Waals surface area contributed by atoms with Crippen LogP contribution >= 0.6 is 0 Å². The van der Waals surface area contributed by atoms with Crippen LogP contribution in [0.2, 0.25) is 0 Å². The largest absolute Gasteiger partial charge is 0.494 e. The first-order valence-corrected chi connectivity index (χ1v) is 6.96. The van der Waals surface area contributed by atoms with Crippen molar-refractivity contribution in [3.8, 4) is 11.5 Å². The summed E-state index contributed by atoms with van der Waals surface area (Å²) in [5, 5.41) is 10.5. The lowest BCUT2D eigenvalue weighted by Gasteiger charge is -2.20. The third-order valence-corrected chi connectivity index (χ3v) is 3.74. The molecule has 1 unspecified atom stereocenters. The van der Waals surface area contributed by atoms with Crippen LogP contribution in [-0.2, 0) is 6.42 Å². The molecule has 21 heavy (non-hydrogen) atoms. The van der Waals surface area contributed by atoms with Crippen LogP contribution in [0.3, 0.4) is 0 Å². The fourth-order valence-corrected chi connectivity index (χ4v) is 2.59. The van der Waals surface area contributed by atoms with Crippen molar-refractivity contribution < 1.29 is 19.0 Å². The minimum atomic E-state index is -0.813. The first-order valence-electron chi connectivity index (χ1n) is 6.96. The first-order chi connectivity index (χ1) is 10.2. The summed E-state index contributed by atoms with van der Waals surface area (Å²) >= 11 is 0. The molecule has 0 radical (unpaired) electrons. The Bertz CT molecular complexity index is 654. The molecule has 1 N–H and O–H groups in total. The van der Waals surface area contributed by atoms with E-state index in [0.717, 1.165) is 36.3 Å². The molecule has 0 fully saturated rings. The number of fused-ring (bicyclic) bond motifs is 1. The van der Waals surface area contributed by atoms with E-state index in [1.54, 1.807) is 6.07 Å². The van der Waals surface area contributed by atoms with Gasteiger partial charge in [-0.05, 0) is 53.8 Å². The molecule has 0 saturated carbocycles. The second kappa shape index (κ2) is 5.74. The molecule has 0 aromatic heterocycles. The van der Waals surface area contributed by atoms with E-state index in [9.17, 15) is 9.50 Å². The van der Waals surface area contributed by atoms with Crippen LogP contribution in [0.1, 0.15) is 29.2 Å². The second-order valence-corrected chi connectivity index (χ2v) is 5.12. The average Bonchev–Trinajstić information content (AvgIpc) is 2.54. The Balaban J connectivity index is 1.92. The van der Waals surface area contributed by atoms with E-state index in [1.807, 2.05) is 18.2 Å². The van der Waals surface area contributed by atoms with E-state index < -0.39 is 11.9 Å². The van der Waals surface area contributed by atoms with Gasteiger partial charge in [0.2, 0.25) is 0 Å². The Kier molecular flexibility index (Phi) is 3.80. The predicted molar refractivity (Wildman–Crippen MR) is 77.3 cm³/mol. The normalized spacial score (nSPS) is 15.0. The minimum Gasteiger partial charge on any atom is -0.494 e. The standard InChI is InChI=1S/C17H17FO3/c1-20-16-10-13(4-6-14(16)18)17(19)12-5-7-15-11(9-12)3-2-8-21-15/h4-7,9-10,17,19H,2-3,8H2,1H3. The molecule has 110 valence electrons. The molecule has 2 aromatic carbocycles. The molecule has 0 saturated heterocycles. The molecule has 0 bridgehead atoms. The average molecular weight is 288 g/mol. The van der Waals surface area contributed by atoms with Crippen molar-refractivity contribution in [2.24, 2.45) is 0 Å². The SMILES string of the molecule is COc1cc(C(O)c2ccc3c(c2)CCCO3)ccc1F. The van der Waals surface area contributed by atoms with Crippen molar-refractivity contribution in [2.45, 2.75) is 18.9 Å². The van der Waals surface area contributed by atoms with Crippen LogP contribution in [0.15, 0.2) is 36.4 Å². The Hall–Kier alpha value is -2.07. The second-order valence-electron chi connectivity index (χ2n) is 5.12. The number of aliphatic hydroxyl groups excluding tert-OH is 1. The van der Waals surface area contributed by atoms with Crippen molar-refractivity contribution >= 4 is 0 Å². The Morgan fingerprint density at radius 2 is 1.95 bits per heavy atom. The van der Waals surface area contributed by atoms with Crippen molar-refractivity contribution in [2.75, 3.05) is 13.7 Å². The van der Waals surface area contributed by atoms with Crippen molar-refractivity contribution in [1.29, 1.82) is 0 Å². The number of rotatable bonds is 3. The number of benzene rings is 2. The van der Waals surface area contributed by atoms with Crippen LogP contribution in [0.5, 0.6) is 11.5 Å². The number of hydrogen-bond acceptors (Lipinski definition) is 3. The molecular weight excluding hydrogens is 271 g/mol. The fraction of sp³-hybridized carbons (Fsp3) is 0.294. The van der Waals surface area contributed by atoms with E-state index in [-0.39, 0.29) is 5.75 Å². The summed E-state index contributed by atoms with van der Waals surface area (Å²) in [6.45, 7) is 0.740. The Labute approximate surface area is 122 Å².